The second kappa shape index (κ2) is 4.55. The summed E-state index contributed by atoms with van der Waals surface area (Å²) >= 11 is 0. The van der Waals surface area contributed by atoms with Gasteiger partial charge in [0.2, 0.25) is 5.95 Å². The van der Waals surface area contributed by atoms with Crippen molar-refractivity contribution in [1.29, 1.82) is 0 Å². The third kappa shape index (κ3) is 2.01. The van der Waals surface area contributed by atoms with Gasteiger partial charge in [-0.25, -0.2) is 4.98 Å². The molecule has 2 heterocycles. The van der Waals surface area contributed by atoms with Gasteiger partial charge in [-0.1, -0.05) is 18.1 Å². The molecule has 0 amide bonds. The highest BCUT2D eigenvalue weighted by molar-refractivity contribution is 5.82. The Morgan fingerprint density at radius 3 is 2.60 bits per heavy atom. The van der Waals surface area contributed by atoms with Gasteiger partial charge in [0, 0.05) is 5.56 Å². The average Bonchev–Trinajstić information content (AvgIpc) is 2.83. The number of fused-ring (bicyclic) bond motifs is 1. The molecule has 6 nitrogen and oxygen atoms in total. The van der Waals surface area contributed by atoms with E-state index in [0.717, 1.165) is 11.1 Å². The lowest BCUT2D eigenvalue weighted by Gasteiger charge is -2.05. The van der Waals surface area contributed by atoms with Gasteiger partial charge < -0.3 is 16.0 Å². The molecule has 2 aromatic heterocycles. The van der Waals surface area contributed by atoms with Gasteiger partial charge in [-0.2, -0.15) is 9.97 Å². The van der Waals surface area contributed by atoms with Crippen molar-refractivity contribution in [3.05, 3.63) is 41.7 Å². The largest absolute Gasteiger partial charge is 0.382 e. The Balaban J connectivity index is 2.00. The van der Waals surface area contributed by atoms with E-state index in [2.05, 4.69) is 20.9 Å². The fraction of sp³-hybridized carbons (Fsp3) is 0.0714. The number of imidazole rings is 1. The van der Waals surface area contributed by atoms with Crippen molar-refractivity contribution in [3.8, 4) is 12.3 Å². The summed E-state index contributed by atoms with van der Waals surface area (Å²) in [5.41, 5.74) is 14.5. The molecule has 0 radical (unpaired) electrons. The van der Waals surface area contributed by atoms with E-state index in [9.17, 15) is 0 Å². The normalized spacial score (nSPS) is 10.6. The number of hydrogen-bond acceptors (Lipinski definition) is 5. The van der Waals surface area contributed by atoms with E-state index in [1.165, 1.54) is 0 Å². The Kier molecular flexibility index (Phi) is 2.73. The number of aromatic nitrogens is 4. The van der Waals surface area contributed by atoms with Crippen LogP contribution in [0, 0.1) is 12.3 Å². The summed E-state index contributed by atoms with van der Waals surface area (Å²) in [6, 6.07) is 7.72. The van der Waals surface area contributed by atoms with Gasteiger partial charge in [-0.3, -0.25) is 0 Å². The van der Waals surface area contributed by atoms with Crippen molar-refractivity contribution >= 4 is 22.9 Å². The first-order valence-corrected chi connectivity index (χ1v) is 5.97. The zero-order valence-corrected chi connectivity index (χ0v) is 10.6. The summed E-state index contributed by atoms with van der Waals surface area (Å²) in [4.78, 5) is 12.3. The molecular weight excluding hydrogens is 252 g/mol. The SMILES string of the molecule is C#Cc1ccc(Cn2cnc3c(N)nc(N)nc32)cc1. The fourth-order valence-electron chi connectivity index (χ4n) is 2.00. The standard InChI is InChI=1S/C14H12N6/c1-2-9-3-5-10(6-4-9)7-20-8-17-11-12(15)18-14(16)19-13(11)20/h1,3-6,8H,7H2,(H4,15,16,18,19). The second-order valence-corrected chi connectivity index (χ2v) is 4.35. The molecule has 0 atom stereocenters. The van der Waals surface area contributed by atoms with E-state index in [1.807, 2.05) is 28.8 Å². The highest BCUT2D eigenvalue weighted by Gasteiger charge is 2.10. The number of anilines is 2. The maximum atomic E-state index is 5.77. The third-order valence-electron chi connectivity index (χ3n) is 2.98. The lowest BCUT2D eigenvalue weighted by molar-refractivity contribution is 0.814. The maximum Gasteiger partial charge on any atom is 0.224 e. The fourth-order valence-corrected chi connectivity index (χ4v) is 2.00. The zero-order chi connectivity index (χ0) is 14.1. The van der Waals surface area contributed by atoms with Gasteiger partial charge in [0.05, 0.1) is 12.9 Å². The molecule has 0 spiro atoms. The quantitative estimate of drug-likeness (QED) is 0.674. The predicted octanol–water partition coefficient (Wildman–Crippen LogP) is 1.02. The molecule has 0 aliphatic rings. The molecular formula is C14H12N6. The number of terminal acetylenes is 1. The second-order valence-electron chi connectivity index (χ2n) is 4.35. The highest BCUT2D eigenvalue weighted by atomic mass is 15.2. The maximum absolute atomic E-state index is 5.77. The summed E-state index contributed by atoms with van der Waals surface area (Å²) in [5.74, 6) is 3.01. The number of rotatable bonds is 2. The lowest BCUT2D eigenvalue weighted by atomic mass is 10.1. The van der Waals surface area contributed by atoms with Crippen molar-refractivity contribution in [1.82, 2.24) is 19.5 Å². The van der Waals surface area contributed by atoms with Crippen molar-refractivity contribution in [3.63, 3.8) is 0 Å². The first-order chi connectivity index (χ1) is 9.67. The van der Waals surface area contributed by atoms with E-state index in [1.54, 1.807) is 6.33 Å². The summed E-state index contributed by atoms with van der Waals surface area (Å²) < 4.78 is 1.87. The molecule has 0 bridgehead atoms. The molecule has 3 rings (SSSR count). The number of nitrogens with two attached hydrogens (primary N) is 2. The Hall–Kier alpha value is -3.07. The van der Waals surface area contributed by atoms with Crippen LogP contribution in [0.2, 0.25) is 0 Å². The van der Waals surface area contributed by atoms with E-state index in [-0.39, 0.29) is 11.8 Å². The Bertz CT molecular complexity index is 810. The van der Waals surface area contributed by atoms with Crippen LogP contribution in [0.1, 0.15) is 11.1 Å². The summed E-state index contributed by atoms with van der Waals surface area (Å²) in [5, 5.41) is 0. The predicted molar refractivity (Wildman–Crippen MR) is 77.6 cm³/mol. The Labute approximate surface area is 115 Å². The van der Waals surface area contributed by atoms with Crippen LogP contribution in [0.4, 0.5) is 11.8 Å². The number of nitrogens with zero attached hydrogens (tertiary/aromatic N) is 4. The van der Waals surface area contributed by atoms with E-state index in [0.29, 0.717) is 17.7 Å². The number of benzene rings is 1. The molecule has 0 saturated heterocycles. The van der Waals surface area contributed by atoms with Gasteiger partial charge in [0.1, 0.15) is 5.52 Å². The van der Waals surface area contributed by atoms with Gasteiger partial charge in [-0.05, 0) is 17.7 Å². The van der Waals surface area contributed by atoms with Gasteiger partial charge >= 0.3 is 0 Å². The topological polar surface area (TPSA) is 95.6 Å². The van der Waals surface area contributed by atoms with Crippen LogP contribution in [0.5, 0.6) is 0 Å². The molecule has 0 aliphatic heterocycles. The van der Waals surface area contributed by atoms with Gasteiger partial charge in [0.25, 0.3) is 0 Å². The van der Waals surface area contributed by atoms with Crippen LogP contribution in [-0.2, 0) is 6.54 Å². The highest BCUT2D eigenvalue weighted by Crippen LogP contribution is 2.18. The summed E-state index contributed by atoms with van der Waals surface area (Å²) in [6.45, 7) is 0.608. The average molecular weight is 264 g/mol. The molecule has 4 N–H and O–H groups in total. The van der Waals surface area contributed by atoms with Crippen molar-refractivity contribution in [2.45, 2.75) is 6.54 Å². The minimum Gasteiger partial charge on any atom is -0.382 e. The molecule has 3 aromatic rings. The lowest BCUT2D eigenvalue weighted by Crippen LogP contribution is -2.04. The van der Waals surface area contributed by atoms with Crippen LogP contribution in [0.15, 0.2) is 30.6 Å². The van der Waals surface area contributed by atoms with E-state index in [4.69, 9.17) is 17.9 Å². The molecule has 6 heteroatoms. The molecule has 0 unspecified atom stereocenters. The smallest absolute Gasteiger partial charge is 0.224 e. The summed E-state index contributed by atoms with van der Waals surface area (Å²) in [7, 11) is 0. The first kappa shape index (κ1) is 12.0. The zero-order valence-electron chi connectivity index (χ0n) is 10.6. The first-order valence-electron chi connectivity index (χ1n) is 5.97. The van der Waals surface area contributed by atoms with Crippen LogP contribution in [0.25, 0.3) is 11.2 Å². The van der Waals surface area contributed by atoms with Crippen LogP contribution in [0.3, 0.4) is 0 Å². The molecule has 1 aromatic carbocycles. The van der Waals surface area contributed by atoms with Crippen LogP contribution < -0.4 is 11.5 Å². The minimum atomic E-state index is 0.138. The molecule has 0 aliphatic carbocycles. The van der Waals surface area contributed by atoms with Gasteiger partial charge in [0.15, 0.2) is 11.5 Å². The third-order valence-corrected chi connectivity index (χ3v) is 2.98. The van der Waals surface area contributed by atoms with Crippen molar-refractivity contribution < 1.29 is 0 Å². The van der Waals surface area contributed by atoms with E-state index < -0.39 is 0 Å². The monoisotopic (exact) mass is 264 g/mol. The Morgan fingerprint density at radius 1 is 1.15 bits per heavy atom. The molecule has 98 valence electrons. The molecule has 0 fully saturated rings. The summed E-state index contributed by atoms with van der Waals surface area (Å²) in [6.07, 6.45) is 7.00. The number of hydrogen-bond donors (Lipinski definition) is 2. The molecule has 20 heavy (non-hydrogen) atoms. The van der Waals surface area contributed by atoms with Crippen molar-refractivity contribution in [2.75, 3.05) is 11.5 Å². The van der Waals surface area contributed by atoms with Crippen LogP contribution >= 0.6 is 0 Å². The number of nitrogen functional groups attached to an aromatic ring is 2. The van der Waals surface area contributed by atoms with Gasteiger partial charge in [-0.15, -0.1) is 6.42 Å². The Morgan fingerprint density at radius 2 is 1.90 bits per heavy atom. The van der Waals surface area contributed by atoms with Crippen molar-refractivity contribution in [2.24, 2.45) is 0 Å². The van der Waals surface area contributed by atoms with Crippen LogP contribution in [-0.4, -0.2) is 19.5 Å². The molecule has 0 saturated carbocycles. The van der Waals surface area contributed by atoms with E-state index >= 15 is 0 Å². The minimum absolute atomic E-state index is 0.138.